The number of thiophene rings is 1. The van der Waals surface area contributed by atoms with Crippen LogP contribution in [0.4, 0.5) is 13.6 Å². The van der Waals surface area contributed by atoms with Crippen molar-refractivity contribution in [2.24, 2.45) is 0 Å². The van der Waals surface area contributed by atoms with Crippen LogP contribution in [0.2, 0.25) is 5.02 Å². The van der Waals surface area contributed by atoms with E-state index in [2.05, 4.69) is 0 Å². The highest BCUT2D eigenvalue weighted by Gasteiger charge is 2.36. The Bertz CT molecular complexity index is 2040. The highest BCUT2D eigenvalue weighted by Crippen LogP contribution is 2.41. The Balaban J connectivity index is 1.50. The fourth-order valence-electron chi connectivity index (χ4n) is 6.27. The van der Waals surface area contributed by atoms with Crippen LogP contribution in [-0.2, 0) is 21.3 Å². The minimum atomic E-state index is -3.62. The summed E-state index contributed by atoms with van der Waals surface area (Å²) in [5.74, 6) is -1.35. The van der Waals surface area contributed by atoms with Crippen molar-refractivity contribution in [2.45, 2.75) is 75.6 Å². The van der Waals surface area contributed by atoms with E-state index in [0.717, 1.165) is 38.9 Å². The molecule has 3 aromatic carbocycles. The van der Waals surface area contributed by atoms with Gasteiger partial charge in [0.25, 0.3) is 5.91 Å². The highest BCUT2D eigenvalue weighted by molar-refractivity contribution is 7.89. The normalized spacial score (nSPS) is 16.7. The van der Waals surface area contributed by atoms with Crippen LogP contribution in [0, 0.1) is 11.6 Å². The minimum Gasteiger partial charge on any atom is -0.496 e. The molecule has 0 bridgehead atoms. The van der Waals surface area contributed by atoms with Gasteiger partial charge in [0.2, 0.25) is 10.0 Å². The first-order valence-electron chi connectivity index (χ1n) is 16.5. The first kappa shape index (κ1) is 38.5. The molecule has 9 nitrogen and oxygen atoms in total. The van der Waals surface area contributed by atoms with E-state index < -0.39 is 39.3 Å². The number of hydrogen-bond donors (Lipinski definition) is 0. The van der Waals surface area contributed by atoms with E-state index in [9.17, 15) is 26.8 Å². The summed E-state index contributed by atoms with van der Waals surface area (Å²) in [7, 11) is 2.56. The number of ether oxygens (including phenoxy) is 2. The largest absolute Gasteiger partial charge is 0.496 e. The zero-order valence-electron chi connectivity index (χ0n) is 29.6. The van der Waals surface area contributed by atoms with E-state index in [1.807, 2.05) is 32.9 Å². The van der Waals surface area contributed by atoms with Crippen LogP contribution in [0.15, 0.2) is 59.5 Å². The fourth-order valence-corrected chi connectivity index (χ4v) is 8.67. The zero-order chi connectivity index (χ0) is 37.4. The van der Waals surface area contributed by atoms with Gasteiger partial charge in [0.1, 0.15) is 27.9 Å². The summed E-state index contributed by atoms with van der Waals surface area (Å²) in [6.07, 6.45) is 1.84. The average molecular weight is 762 g/mol. The van der Waals surface area contributed by atoms with Crippen LogP contribution in [0.5, 0.6) is 5.75 Å². The summed E-state index contributed by atoms with van der Waals surface area (Å²) in [4.78, 5) is 30.8. The van der Waals surface area contributed by atoms with Crippen molar-refractivity contribution >= 4 is 55.0 Å². The maximum absolute atomic E-state index is 14.9. The molecule has 0 radical (unpaired) electrons. The molecule has 4 aromatic rings. The molecule has 1 aromatic heterocycles. The summed E-state index contributed by atoms with van der Waals surface area (Å²) in [6, 6.07) is 13.6. The second-order valence-electron chi connectivity index (χ2n) is 13.8. The van der Waals surface area contributed by atoms with Gasteiger partial charge in [0.15, 0.2) is 0 Å². The van der Waals surface area contributed by atoms with Crippen LogP contribution in [-0.4, -0.2) is 80.5 Å². The third kappa shape index (κ3) is 8.16. The molecule has 2 amide bonds. The molecular weight excluding hydrogens is 720 g/mol. The Hall–Kier alpha value is -3.78. The molecular formula is C37H42ClF2N3O6S2. The summed E-state index contributed by atoms with van der Waals surface area (Å²) < 4.78 is 67.3. The van der Waals surface area contributed by atoms with Gasteiger partial charge in [-0.1, -0.05) is 29.8 Å². The molecule has 0 aliphatic heterocycles. The molecule has 5 rings (SSSR count). The smallest absolute Gasteiger partial charge is 0.410 e. The number of rotatable bonds is 9. The van der Waals surface area contributed by atoms with E-state index in [4.69, 9.17) is 21.1 Å². The van der Waals surface area contributed by atoms with E-state index in [1.165, 1.54) is 21.2 Å². The van der Waals surface area contributed by atoms with Gasteiger partial charge in [-0.25, -0.2) is 26.3 Å². The molecule has 1 fully saturated rings. The molecule has 0 N–H and O–H groups in total. The minimum absolute atomic E-state index is 0.0245. The van der Waals surface area contributed by atoms with Crippen LogP contribution in [0.25, 0.3) is 21.2 Å². The Labute approximate surface area is 306 Å². The Morgan fingerprint density at radius 1 is 0.902 bits per heavy atom. The summed E-state index contributed by atoms with van der Waals surface area (Å²) in [6.45, 7) is 5.51. The number of halogens is 3. The summed E-state index contributed by atoms with van der Waals surface area (Å²) >= 11 is 7.44. The first-order chi connectivity index (χ1) is 23.9. The predicted octanol–water partition coefficient (Wildman–Crippen LogP) is 8.58. The van der Waals surface area contributed by atoms with E-state index >= 15 is 0 Å². The lowest BCUT2D eigenvalue weighted by atomic mass is 9.89. The molecule has 274 valence electrons. The van der Waals surface area contributed by atoms with Gasteiger partial charge in [0, 0.05) is 45.3 Å². The molecule has 1 heterocycles. The van der Waals surface area contributed by atoms with Crippen LogP contribution < -0.4 is 4.74 Å². The van der Waals surface area contributed by atoms with Crippen molar-refractivity contribution in [1.29, 1.82) is 0 Å². The Morgan fingerprint density at radius 2 is 1.49 bits per heavy atom. The van der Waals surface area contributed by atoms with E-state index in [0.29, 0.717) is 37.0 Å². The SMILES string of the molecule is COc1ccc(-c2ccc(S(=O)(=O)N(C)C)cc2)cc1CN(C(=O)c1sc2c(F)ccc(F)c2c1Cl)[C@H]1CC[C@H](N(C)C(=O)OC(C)(C)C)CC1. The maximum atomic E-state index is 14.9. The van der Waals surface area contributed by atoms with Crippen LogP contribution in [0.1, 0.15) is 61.7 Å². The van der Waals surface area contributed by atoms with Crippen molar-refractivity contribution in [1.82, 2.24) is 14.1 Å². The van der Waals surface area contributed by atoms with Gasteiger partial charge in [-0.3, -0.25) is 4.79 Å². The molecule has 0 unspecified atom stereocenters. The molecule has 0 spiro atoms. The number of hydrogen-bond acceptors (Lipinski definition) is 7. The lowest BCUT2D eigenvalue weighted by molar-refractivity contribution is 0.0144. The van der Waals surface area contributed by atoms with Crippen molar-refractivity contribution in [3.63, 3.8) is 0 Å². The number of methoxy groups -OCH3 is 1. The quantitative estimate of drug-likeness (QED) is 0.170. The molecule has 0 atom stereocenters. The number of carbonyl (C=O) groups is 2. The standard InChI is InChI=1S/C37H42ClF2N3O6S2/c1-37(2,3)49-36(45)42(6)25-11-13-26(14-12-25)43(35(44)34-32(38)31-28(39)17-18-29(40)33(31)50-34)21-24-20-23(10-19-30(24)48-7)22-8-15-27(16-9-22)51(46,47)41(4)5/h8-10,15-20,25-26H,11-14,21H2,1-7H3/t25-,26-. The van der Waals surface area contributed by atoms with E-state index in [-0.39, 0.29) is 43.5 Å². The average Bonchev–Trinajstić information content (AvgIpc) is 3.45. The number of amides is 2. The van der Waals surface area contributed by atoms with Gasteiger partial charge in [-0.15, -0.1) is 11.3 Å². The van der Waals surface area contributed by atoms with Crippen molar-refractivity contribution in [3.8, 4) is 16.9 Å². The number of fused-ring (bicyclic) bond motifs is 1. The maximum Gasteiger partial charge on any atom is 0.410 e. The molecule has 1 aliphatic carbocycles. The summed E-state index contributed by atoms with van der Waals surface area (Å²) in [5, 5.41) is -0.277. The van der Waals surface area contributed by atoms with Gasteiger partial charge in [-0.2, -0.15) is 0 Å². The Kier molecular flexibility index (Phi) is 11.4. The van der Waals surface area contributed by atoms with Crippen LogP contribution in [0.3, 0.4) is 0 Å². The van der Waals surface area contributed by atoms with Crippen molar-refractivity contribution < 1.29 is 36.3 Å². The molecule has 51 heavy (non-hydrogen) atoms. The fraction of sp³-hybridized carbons (Fsp3) is 0.405. The van der Waals surface area contributed by atoms with Gasteiger partial charge in [-0.05, 0) is 94.0 Å². The van der Waals surface area contributed by atoms with Crippen molar-refractivity contribution in [2.75, 3.05) is 28.3 Å². The second-order valence-corrected chi connectivity index (χ2v) is 17.4. The van der Waals surface area contributed by atoms with Gasteiger partial charge >= 0.3 is 6.09 Å². The molecule has 14 heteroatoms. The van der Waals surface area contributed by atoms with Gasteiger partial charge in [0.05, 0.1) is 27.1 Å². The lowest BCUT2D eigenvalue weighted by Gasteiger charge is -2.40. The topological polar surface area (TPSA) is 96.5 Å². The molecule has 0 saturated heterocycles. The lowest BCUT2D eigenvalue weighted by Crippen LogP contribution is -2.47. The van der Waals surface area contributed by atoms with E-state index in [1.54, 1.807) is 47.2 Å². The van der Waals surface area contributed by atoms with Gasteiger partial charge < -0.3 is 19.3 Å². The monoisotopic (exact) mass is 761 g/mol. The molecule has 1 aliphatic rings. The molecule has 1 saturated carbocycles. The zero-order valence-corrected chi connectivity index (χ0v) is 32.0. The van der Waals surface area contributed by atoms with Crippen molar-refractivity contribution in [3.05, 3.63) is 81.7 Å². The van der Waals surface area contributed by atoms with Crippen LogP contribution >= 0.6 is 22.9 Å². The number of carbonyl (C=O) groups excluding carboxylic acids is 2. The third-order valence-corrected chi connectivity index (χ3v) is 12.6. The number of sulfonamides is 1. The second kappa shape index (κ2) is 15.1. The first-order valence-corrected chi connectivity index (χ1v) is 19.1. The number of nitrogens with zero attached hydrogens (tertiary/aromatic N) is 3. The Morgan fingerprint density at radius 3 is 2.06 bits per heavy atom. The highest BCUT2D eigenvalue weighted by atomic mass is 35.5. The predicted molar refractivity (Wildman–Crippen MR) is 196 cm³/mol. The number of benzene rings is 3. The summed E-state index contributed by atoms with van der Waals surface area (Å²) in [5.41, 5.74) is 1.53. The third-order valence-electron chi connectivity index (χ3n) is 9.06.